The van der Waals surface area contributed by atoms with Crippen LogP contribution in [0, 0.1) is 0 Å². The van der Waals surface area contributed by atoms with Crippen LogP contribution in [0.25, 0.3) is 0 Å². The first-order valence-electron chi connectivity index (χ1n) is 15.1. The Bertz CT molecular complexity index is 1570. The third-order valence-corrected chi connectivity index (χ3v) is 10.7. The van der Waals surface area contributed by atoms with Crippen molar-refractivity contribution in [3.05, 3.63) is 86.8 Å². The minimum Gasteiger partial charge on any atom is -0.494 e. The van der Waals surface area contributed by atoms with Crippen LogP contribution in [0.5, 0.6) is 5.75 Å². The quantitative estimate of drug-likeness (QED) is 0.195. The van der Waals surface area contributed by atoms with Crippen LogP contribution < -0.4 is 14.4 Å². The van der Waals surface area contributed by atoms with Gasteiger partial charge in [0.1, 0.15) is 18.3 Å². The van der Waals surface area contributed by atoms with Gasteiger partial charge in [0.25, 0.3) is 10.0 Å². The minimum atomic E-state index is -4.21. The molecule has 0 bridgehead atoms. The second kappa shape index (κ2) is 16.2. The largest absolute Gasteiger partial charge is 0.494 e. The van der Waals surface area contributed by atoms with Crippen molar-refractivity contribution in [3.8, 4) is 5.75 Å². The molecular weight excluding hydrogens is 701 g/mol. The van der Waals surface area contributed by atoms with Gasteiger partial charge in [-0.1, -0.05) is 71.4 Å². The highest BCUT2D eigenvalue weighted by atomic mass is 79.9. The third kappa shape index (κ3) is 9.15. The van der Waals surface area contributed by atoms with Crippen LogP contribution in [0.1, 0.15) is 57.9 Å². The summed E-state index contributed by atoms with van der Waals surface area (Å²) in [5, 5.41) is 3.92. The molecule has 4 rings (SSSR count). The molecule has 0 aliphatic heterocycles. The molecule has 3 aromatic rings. The standard InChI is InChI=1S/C33H38BrCl2N3O5S/c1-3-31(33(41)37-26-8-6-5-7-9-26)38(21-23-10-13-25(35)20-30(23)36)32(40)22-39(27-14-16-28(17-15-27)44-4-2)45(42,43)29-18-11-24(34)12-19-29/h10-20,26,31H,3-9,21-22H2,1-2H3,(H,37,41). The zero-order valence-electron chi connectivity index (χ0n) is 25.3. The van der Waals surface area contributed by atoms with E-state index in [9.17, 15) is 18.0 Å². The number of nitrogens with zero attached hydrogens (tertiary/aromatic N) is 2. The van der Waals surface area contributed by atoms with Crippen molar-refractivity contribution < 1.29 is 22.7 Å². The molecule has 3 aromatic carbocycles. The summed E-state index contributed by atoms with van der Waals surface area (Å²) < 4.78 is 35.5. The number of nitrogens with one attached hydrogen (secondary N) is 1. The Labute approximate surface area is 284 Å². The fraction of sp³-hybridized carbons (Fsp3) is 0.394. The maximum atomic E-state index is 14.3. The van der Waals surface area contributed by atoms with Gasteiger partial charge in [0.05, 0.1) is 17.2 Å². The summed E-state index contributed by atoms with van der Waals surface area (Å²) in [6.45, 7) is 3.57. The van der Waals surface area contributed by atoms with Gasteiger partial charge in [-0.15, -0.1) is 0 Å². The average Bonchev–Trinajstić information content (AvgIpc) is 3.02. The first kappa shape index (κ1) is 35.1. The summed E-state index contributed by atoms with van der Waals surface area (Å²) in [7, 11) is -4.21. The monoisotopic (exact) mass is 737 g/mol. The molecule has 1 N–H and O–H groups in total. The van der Waals surface area contributed by atoms with E-state index in [1.807, 2.05) is 13.8 Å². The average molecular weight is 740 g/mol. The van der Waals surface area contributed by atoms with Gasteiger partial charge in [0, 0.05) is 27.1 Å². The van der Waals surface area contributed by atoms with E-state index in [1.165, 1.54) is 17.0 Å². The van der Waals surface area contributed by atoms with Gasteiger partial charge in [0.15, 0.2) is 0 Å². The van der Waals surface area contributed by atoms with Crippen molar-refractivity contribution in [1.82, 2.24) is 10.2 Å². The van der Waals surface area contributed by atoms with Crippen LogP contribution in [0.2, 0.25) is 10.0 Å². The van der Waals surface area contributed by atoms with Crippen LogP contribution in [0.4, 0.5) is 5.69 Å². The molecule has 1 unspecified atom stereocenters. The molecular formula is C33H38BrCl2N3O5S. The molecule has 2 amide bonds. The van der Waals surface area contributed by atoms with E-state index in [1.54, 1.807) is 54.6 Å². The normalized spacial score (nSPS) is 14.4. The summed E-state index contributed by atoms with van der Waals surface area (Å²) in [6.07, 6.45) is 5.30. The summed E-state index contributed by atoms with van der Waals surface area (Å²) in [5.74, 6) is -0.259. The lowest BCUT2D eigenvalue weighted by atomic mass is 9.95. The number of carbonyl (C=O) groups excluding carboxylic acids is 2. The predicted molar refractivity (Wildman–Crippen MR) is 182 cm³/mol. The molecule has 0 saturated heterocycles. The van der Waals surface area contributed by atoms with E-state index in [2.05, 4.69) is 21.2 Å². The third-order valence-electron chi connectivity index (χ3n) is 7.81. The van der Waals surface area contributed by atoms with Crippen LogP contribution in [0.3, 0.4) is 0 Å². The SMILES string of the molecule is CCOc1ccc(N(CC(=O)N(Cc2ccc(Cl)cc2Cl)C(CC)C(=O)NC2CCCCC2)S(=O)(=O)c2ccc(Br)cc2)cc1. The minimum absolute atomic E-state index is 0.0130. The van der Waals surface area contributed by atoms with Crippen LogP contribution in [-0.2, 0) is 26.2 Å². The van der Waals surface area contributed by atoms with E-state index in [4.69, 9.17) is 27.9 Å². The summed E-state index contributed by atoms with van der Waals surface area (Å²) in [4.78, 5) is 29.5. The number of carbonyl (C=O) groups is 2. The first-order chi connectivity index (χ1) is 21.5. The molecule has 1 saturated carbocycles. The second-order valence-corrected chi connectivity index (χ2v) is 14.5. The highest BCUT2D eigenvalue weighted by Gasteiger charge is 2.34. The molecule has 1 fully saturated rings. The molecule has 1 aliphatic rings. The number of ether oxygens (including phenoxy) is 1. The lowest BCUT2D eigenvalue weighted by Gasteiger charge is -2.34. The number of anilines is 1. The van der Waals surface area contributed by atoms with Gasteiger partial charge >= 0.3 is 0 Å². The number of sulfonamides is 1. The Kier molecular flexibility index (Phi) is 12.6. The number of hydrogen-bond donors (Lipinski definition) is 1. The Hall–Kier alpha value is -2.79. The van der Waals surface area contributed by atoms with Gasteiger partial charge in [0.2, 0.25) is 11.8 Å². The van der Waals surface area contributed by atoms with Crippen molar-refractivity contribution in [2.45, 2.75) is 75.9 Å². The predicted octanol–water partition coefficient (Wildman–Crippen LogP) is 7.61. The van der Waals surface area contributed by atoms with Crippen molar-refractivity contribution in [2.75, 3.05) is 17.5 Å². The van der Waals surface area contributed by atoms with Gasteiger partial charge < -0.3 is 15.0 Å². The molecule has 12 heteroatoms. The van der Waals surface area contributed by atoms with Crippen molar-refractivity contribution in [3.63, 3.8) is 0 Å². The highest BCUT2D eigenvalue weighted by molar-refractivity contribution is 9.10. The fourth-order valence-electron chi connectivity index (χ4n) is 5.44. The fourth-order valence-corrected chi connectivity index (χ4v) is 7.58. The molecule has 242 valence electrons. The van der Waals surface area contributed by atoms with Crippen LogP contribution in [0.15, 0.2) is 76.1 Å². The molecule has 1 atom stereocenters. The first-order valence-corrected chi connectivity index (χ1v) is 18.1. The molecule has 1 aliphatic carbocycles. The Morgan fingerprint density at radius 2 is 1.64 bits per heavy atom. The summed E-state index contributed by atoms with van der Waals surface area (Å²) in [6, 6.07) is 16.9. The number of benzene rings is 3. The second-order valence-electron chi connectivity index (χ2n) is 10.9. The van der Waals surface area contributed by atoms with Crippen molar-refractivity contribution >= 4 is 66.7 Å². The number of amides is 2. The van der Waals surface area contributed by atoms with Crippen LogP contribution in [-0.4, -0.2) is 50.4 Å². The van der Waals surface area contributed by atoms with Crippen molar-refractivity contribution in [2.24, 2.45) is 0 Å². The lowest BCUT2D eigenvalue weighted by molar-refractivity contribution is -0.140. The van der Waals surface area contributed by atoms with Gasteiger partial charge in [-0.2, -0.15) is 0 Å². The maximum Gasteiger partial charge on any atom is 0.264 e. The van der Waals surface area contributed by atoms with E-state index in [0.717, 1.165) is 36.4 Å². The molecule has 0 aromatic heterocycles. The van der Waals surface area contributed by atoms with E-state index < -0.39 is 28.5 Å². The van der Waals surface area contributed by atoms with E-state index in [-0.39, 0.29) is 29.1 Å². The van der Waals surface area contributed by atoms with Gasteiger partial charge in [-0.3, -0.25) is 13.9 Å². The zero-order chi connectivity index (χ0) is 32.6. The lowest BCUT2D eigenvalue weighted by Crippen LogP contribution is -2.54. The smallest absolute Gasteiger partial charge is 0.264 e. The number of halogens is 3. The zero-order valence-corrected chi connectivity index (χ0v) is 29.3. The highest BCUT2D eigenvalue weighted by Crippen LogP contribution is 2.29. The number of hydrogen-bond acceptors (Lipinski definition) is 5. The molecule has 45 heavy (non-hydrogen) atoms. The summed E-state index contributed by atoms with van der Waals surface area (Å²) in [5.41, 5.74) is 0.862. The molecule has 0 radical (unpaired) electrons. The van der Waals surface area contributed by atoms with Crippen LogP contribution >= 0.6 is 39.1 Å². The van der Waals surface area contributed by atoms with Gasteiger partial charge in [-0.05, 0) is 92.4 Å². The summed E-state index contributed by atoms with van der Waals surface area (Å²) >= 11 is 16.0. The topological polar surface area (TPSA) is 96.0 Å². The maximum absolute atomic E-state index is 14.3. The molecule has 0 heterocycles. The Morgan fingerprint density at radius 1 is 0.978 bits per heavy atom. The van der Waals surface area contributed by atoms with E-state index in [0.29, 0.717) is 38.9 Å². The van der Waals surface area contributed by atoms with E-state index >= 15 is 0 Å². The Balaban J connectivity index is 1.73. The van der Waals surface area contributed by atoms with Crippen molar-refractivity contribution in [1.29, 1.82) is 0 Å². The molecule has 0 spiro atoms. The van der Waals surface area contributed by atoms with Gasteiger partial charge in [-0.25, -0.2) is 8.42 Å². The molecule has 8 nitrogen and oxygen atoms in total. The Morgan fingerprint density at radius 3 is 2.24 bits per heavy atom. The number of rotatable bonds is 13.